The fraction of sp³-hybridized carbons (Fsp3) is 0. The lowest BCUT2D eigenvalue weighted by molar-refractivity contribution is 0.870. The Bertz CT molecular complexity index is 478. The molecule has 0 saturated carbocycles. The number of nitrogens with zero attached hydrogens (tertiary/aromatic N) is 5. The van der Waals surface area contributed by atoms with Crippen molar-refractivity contribution >= 4 is 56.9 Å². The van der Waals surface area contributed by atoms with Gasteiger partial charge in [-0.1, -0.05) is 0 Å². The lowest BCUT2D eigenvalue weighted by Gasteiger charge is -1.98. The van der Waals surface area contributed by atoms with E-state index >= 15 is 0 Å². The molecule has 0 amide bonds. The minimum atomic E-state index is 0.710. The van der Waals surface area contributed by atoms with Crippen LogP contribution in [0.3, 0.4) is 0 Å². The standard InChI is InChI=1S/C7H3I2N5/c8-6-2-4-10-3-1-5(6)7-11-12-13-14(7)9/h1-3H. The number of halogens is 2. The molecule has 14 heavy (non-hydrogen) atoms. The van der Waals surface area contributed by atoms with Crippen LogP contribution in [0.15, 0.2) is 26.9 Å². The third kappa shape index (κ3) is 1.93. The molecule has 1 aliphatic rings. The topological polar surface area (TPSA) is 56.0 Å². The largest absolute Gasteiger partial charge is 0.214 e. The molecule has 1 aromatic heterocycles. The Labute approximate surface area is 107 Å². The first kappa shape index (κ1) is 9.99. The zero-order valence-corrected chi connectivity index (χ0v) is 11.0. The van der Waals surface area contributed by atoms with Crippen molar-refractivity contribution in [3.8, 4) is 0 Å². The Balaban J connectivity index is 2.55. The normalized spacial score (nSPS) is 15.0. The molecule has 0 bridgehead atoms. The van der Waals surface area contributed by atoms with Gasteiger partial charge in [-0.05, 0) is 45.0 Å². The van der Waals surface area contributed by atoms with Gasteiger partial charge in [-0.2, -0.15) is 2.90 Å². The van der Waals surface area contributed by atoms with E-state index in [1.807, 2.05) is 28.9 Å². The number of aliphatic imine (C=N–C) groups is 1. The highest BCUT2D eigenvalue weighted by Crippen LogP contribution is 2.24. The molecule has 0 atom stereocenters. The summed E-state index contributed by atoms with van der Waals surface area (Å²) in [6.07, 6.45) is 5.32. The number of hydrogen-bond donors (Lipinski definition) is 0. The molecule has 0 aliphatic carbocycles. The lowest BCUT2D eigenvalue weighted by Crippen LogP contribution is -1.92. The Morgan fingerprint density at radius 2 is 2.29 bits per heavy atom. The molecular weight excluding hydrogens is 408 g/mol. The van der Waals surface area contributed by atoms with Gasteiger partial charge in [-0.15, -0.1) is 5.10 Å². The Morgan fingerprint density at radius 3 is 3.00 bits per heavy atom. The van der Waals surface area contributed by atoms with Crippen LogP contribution >= 0.6 is 45.5 Å². The molecule has 1 aliphatic heterocycles. The van der Waals surface area contributed by atoms with Gasteiger partial charge in [0.2, 0.25) is 0 Å². The van der Waals surface area contributed by atoms with Gasteiger partial charge < -0.3 is 0 Å². The molecule has 70 valence electrons. The summed E-state index contributed by atoms with van der Waals surface area (Å²) in [6.45, 7) is 0. The van der Waals surface area contributed by atoms with Crippen LogP contribution in [0.2, 0.25) is 0 Å². The van der Waals surface area contributed by atoms with E-state index in [2.05, 4.69) is 49.0 Å². The highest BCUT2D eigenvalue weighted by atomic mass is 127. The van der Waals surface area contributed by atoms with Gasteiger partial charge >= 0.3 is 0 Å². The van der Waals surface area contributed by atoms with Crippen LogP contribution in [0, 0.1) is 0 Å². The van der Waals surface area contributed by atoms with Gasteiger partial charge in [0, 0.05) is 21.4 Å². The van der Waals surface area contributed by atoms with Crippen LogP contribution in [-0.4, -0.2) is 24.3 Å². The van der Waals surface area contributed by atoms with Crippen LogP contribution in [0.4, 0.5) is 0 Å². The Hall–Kier alpha value is -0.540. The SMILES string of the molecule is IC1=C(c2nnnn2I)C=CN=C=C1. The third-order valence-corrected chi connectivity index (χ3v) is 3.05. The van der Waals surface area contributed by atoms with Gasteiger partial charge in [0.25, 0.3) is 0 Å². The molecule has 0 aromatic carbocycles. The smallest absolute Gasteiger partial charge is 0.193 e. The zero-order chi connectivity index (χ0) is 9.97. The zero-order valence-electron chi connectivity index (χ0n) is 6.72. The molecule has 1 aromatic rings. The molecule has 0 N–H and O–H groups in total. The predicted octanol–water partition coefficient (Wildman–Crippen LogP) is 1.77. The first-order valence-electron chi connectivity index (χ1n) is 3.59. The van der Waals surface area contributed by atoms with E-state index in [4.69, 9.17) is 0 Å². The van der Waals surface area contributed by atoms with E-state index in [0.717, 1.165) is 9.15 Å². The maximum atomic E-state index is 3.92. The molecule has 0 saturated heterocycles. The average Bonchev–Trinajstić information content (AvgIpc) is 2.46. The fourth-order valence-electron chi connectivity index (χ4n) is 0.917. The first-order valence-corrected chi connectivity index (χ1v) is 5.63. The number of hydrogen-bond acceptors (Lipinski definition) is 4. The van der Waals surface area contributed by atoms with Crippen molar-refractivity contribution in [2.75, 3.05) is 0 Å². The van der Waals surface area contributed by atoms with Crippen LogP contribution in [-0.2, 0) is 0 Å². The van der Waals surface area contributed by atoms with Gasteiger partial charge in [0.1, 0.15) is 0 Å². The van der Waals surface area contributed by atoms with E-state index in [1.165, 1.54) is 0 Å². The van der Waals surface area contributed by atoms with E-state index in [1.54, 1.807) is 15.2 Å². The van der Waals surface area contributed by atoms with Crippen molar-refractivity contribution in [2.45, 2.75) is 0 Å². The van der Waals surface area contributed by atoms with Gasteiger partial charge in [0.05, 0.1) is 22.9 Å². The van der Waals surface area contributed by atoms with Gasteiger partial charge in [-0.25, -0.2) is 4.99 Å². The van der Waals surface area contributed by atoms with E-state index in [0.29, 0.717) is 5.82 Å². The molecule has 2 heterocycles. The maximum absolute atomic E-state index is 3.92. The van der Waals surface area contributed by atoms with Crippen LogP contribution in [0.1, 0.15) is 5.82 Å². The van der Waals surface area contributed by atoms with Gasteiger partial charge in [-0.3, -0.25) is 0 Å². The Kier molecular flexibility index (Phi) is 3.08. The Morgan fingerprint density at radius 1 is 1.43 bits per heavy atom. The highest BCUT2D eigenvalue weighted by Gasteiger charge is 2.11. The van der Waals surface area contributed by atoms with Crippen molar-refractivity contribution < 1.29 is 0 Å². The second kappa shape index (κ2) is 4.32. The molecule has 0 fully saturated rings. The minimum absolute atomic E-state index is 0.710. The molecular formula is C7H3I2N5. The second-order valence-corrected chi connectivity index (χ2v) is 4.42. The van der Waals surface area contributed by atoms with Crippen LogP contribution in [0.25, 0.3) is 5.57 Å². The quantitative estimate of drug-likeness (QED) is 0.663. The number of rotatable bonds is 1. The summed E-state index contributed by atoms with van der Waals surface area (Å²) >= 11 is 4.22. The minimum Gasteiger partial charge on any atom is -0.214 e. The summed E-state index contributed by atoms with van der Waals surface area (Å²) in [5.41, 5.74) is 0.943. The summed E-state index contributed by atoms with van der Waals surface area (Å²) in [6, 6.07) is 0. The summed E-state index contributed by atoms with van der Waals surface area (Å²) in [7, 11) is 0. The van der Waals surface area contributed by atoms with Crippen LogP contribution in [0.5, 0.6) is 0 Å². The molecule has 2 rings (SSSR count). The number of aromatic nitrogens is 4. The molecule has 5 nitrogen and oxygen atoms in total. The van der Waals surface area contributed by atoms with E-state index < -0.39 is 0 Å². The van der Waals surface area contributed by atoms with Crippen molar-refractivity contribution in [3.63, 3.8) is 0 Å². The number of allylic oxidation sites excluding steroid dienone is 4. The predicted molar refractivity (Wildman–Crippen MR) is 69.3 cm³/mol. The molecule has 0 spiro atoms. The molecule has 0 radical (unpaired) electrons. The summed E-state index contributed by atoms with van der Waals surface area (Å²) in [5.74, 6) is 3.49. The summed E-state index contributed by atoms with van der Waals surface area (Å²) < 4.78 is 2.60. The van der Waals surface area contributed by atoms with E-state index in [-0.39, 0.29) is 0 Å². The van der Waals surface area contributed by atoms with E-state index in [9.17, 15) is 0 Å². The summed E-state index contributed by atoms with van der Waals surface area (Å²) in [4.78, 5) is 3.90. The molecule has 0 unspecified atom stereocenters. The number of tetrazole rings is 1. The van der Waals surface area contributed by atoms with Crippen molar-refractivity contribution in [3.05, 3.63) is 27.8 Å². The maximum Gasteiger partial charge on any atom is 0.193 e. The highest BCUT2D eigenvalue weighted by molar-refractivity contribution is 14.1. The van der Waals surface area contributed by atoms with Gasteiger partial charge in [0.15, 0.2) is 5.82 Å². The van der Waals surface area contributed by atoms with Crippen molar-refractivity contribution in [1.29, 1.82) is 0 Å². The third-order valence-electron chi connectivity index (χ3n) is 1.51. The van der Waals surface area contributed by atoms with Crippen LogP contribution < -0.4 is 0 Å². The fourth-order valence-corrected chi connectivity index (χ4v) is 1.92. The lowest BCUT2D eigenvalue weighted by atomic mass is 10.2. The van der Waals surface area contributed by atoms with Crippen molar-refractivity contribution in [1.82, 2.24) is 18.4 Å². The average molecular weight is 411 g/mol. The first-order chi connectivity index (χ1) is 6.79. The summed E-state index contributed by atoms with van der Waals surface area (Å²) in [5, 5.41) is 11.3. The van der Waals surface area contributed by atoms with Crippen molar-refractivity contribution in [2.24, 2.45) is 4.99 Å². The molecule has 7 heteroatoms. The second-order valence-electron chi connectivity index (χ2n) is 2.34. The monoisotopic (exact) mass is 411 g/mol.